The van der Waals surface area contributed by atoms with Gasteiger partial charge >= 0.3 is 5.97 Å². The molecule has 0 saturated carbocycles. The van der Waals surface area contributed by atoms with E-state index in [0.717, 1.165) is 11.8 Å². The van der Waals surface area contributed by atoms with E-state index in [2.05, 4.69) is 20.9 Å². The van der Waals surface area contributed by atoms with Crippen molar-refractivity contribution in [2.45, 2.75) is 6.92 Å². The number of thioether (sulfide) groups is 1. The number of benzene rings is 1. The highest BCUT2D eigenvalue weighted by molar-refractivity contribution is 9.10. The number of carbonyl (C=O) groups is 2. The van der Waals surface area contributed by atoms with Crippen LogP contribution < -0.4 is 15.2 Å². The molecule has 0 saturated heterocycles. The van der Waals surface area contributed by atoms with Crippen LogP contribution in [-0.4, -0.2) is 24.2 Å². The van der Waals surface area contributed by atoms with Gasteiger partial charge in [-0.2, -0.15) is 4.99 Å². The van der Waals surface area contributed by atoms with Crippen LogP contribution in [0.15, 0.2) is 26.5 Å². The van der Waals surface area contributed by atoms with E-state index in [-0.39, 0.29) is 16.8 Å². The number of hydrogen-bond acceptors (Lipinski definition) is 6. The van der Waals surface area contributed by atoms with E-state index < -0.39 is 5.97 Å². The van der Waals surface area contributed by atoms with Crippen molar-refractivity contribution in [3.05, 3.63) is 27.1 Å². The zero-order valence-electron chi connectivity index (χ0n) is 11.2. The second-order valence-corrected chi connectivity index (χ2v) is 5.91. The van der Waals surface area contributed by atoms with Gasteiger partial charge in [0.1, 0.15) is 0 Å². The number of amidine groups is 1. The predicted octanol–water partition coefficient (Wildman–Crippen LogP) is 2.31. The smallest absolute Gasteiger partial charge is 0.308 e. The highest BCUT2D eigenvalue weighted by atomic mass is 79.9. The van der Waals surface area contributed by atoms with Gasteiger partial charge in [-0.1, -0.05) is 0 Å². The fraction of sp³-hybridized carbons (Fsp3) is 0.154. The molecule has 0 unspecified atom stereocenters. The van der Waals surface area contributed by atoms with E-state index in [1.54, 1.807) is 18.2 Å². The largest absolute Gasteiger partial charge is 0.493 e. The molecule has 6 nitrogen and oxygen atoms in total. The van der Waals surface area contributed by atoms with Crippen molar-refractivity contribution in [3.63, 3.8) is 0 Å². The van der Waals surface area contributed by atoms with Gasteiger partial charge in [0.25, 0.3) is 5.91 Å². The molecule has 0 atom stereocenters. The molecule has 1 aliphatic rings. The first-order chi connectivity index (χ1) is 9.90. The van der Waals surface area contributed by atoms with Gasteiger partial charge in [0.05, 0.1) is 16.5 Å². The first kappa shape index (κ1) is 15.6. The number of ether oxygens (including phenoxy) is 2. The van der Waals surface area contributed by atoms with Crippen LogP contribution in [0.5, 0.6) is 11.5 Å². The lowest BCUT2D eigenvalue weighted by Crippen LogP contribution is -2.04. The van der Waals surface area contributed by atoms with Crippen molar-refractivity contribution >= 4 is 50.8 Å². The molecule has 21 heavy (non-hydrogen) atoms. The van der Waals surface area contributed by atoms with Crippen LogP contribution in [0, 0.1) is 0 Å². The molecule has 1 aromatic carbocycles. The maximum absolute atomic E-state index is 11.6. The summed E-state index contributed by atoms with van der Waals surface area (Å²) in [6.45, 7) is 1.30. The van der Waals surface area contributed by atoms with Crippen LogP contribution >= 0.6 is 27.7 Å². The minimum absolute atomic E-state index is 0.216. The Morgan fingerprint density at radius 2 is 2.19 bits per heavy atom. The normalized spacial score (nSPS) is 16.0. The minimum atomic E-state index is -0.456. The summed E-state index contributed by atoms with van der Waals surface area (Å²) in [6, 6.07) is 3.36. The Balaban J connectivity index is 2.39. The van der Waals surface area contributed by atoms with Gasteiger partial charge in [-0.25, -0.2) is 0 Å². The summed E-state index contributed by atoms with van der Waals surface area (Å²) in [4.78, 5) is 26.7. The lowest BCUT2D eigenvalue weighted by Gasteiger charge is -2.11. The van der Waals surface area contributed by atoms with Gasteiger partial charge in [0.2, 0.25) is 0 Å². The fourth-order valence-electron chi connectivity index (χ4n) is 1.64. The third kappa shape index (κ3) is 3.64. The summed E-state index contributed by atoms with van der Waals surface area (Å²) in [6.07, 6.45) is 1.64. The van der Waals surface area contributed by atoms with Crippen molar-refractivity contribution < 1.29 is 19.1 Å². The Hall–Kier alpha value is -1.80. The second-order valence-electron chi connectivity index (χ2n) is 3.99. The quantitative estimate of drug-likeness (QED) is 0.498. The number of nitrogens with two attached hydrogens (primary N) is 1. The summed E-state index contributed by atoms with van der Waals surface area (Å²) >= 11 is 4.41. The average Bonchev–Trinajstić information content (AvgIpc) is 2.70. The molecular weight excluding hydrogens is 360 g/mol. The van der Waals surface area contributed by atoms with Crippen LogP contribution in [0.3, 0.4) is 0 Å². The number of methoxy groups -OCH3 is 1. The lowest BCUT2D eigenvalue weighted by molar-refractivity contribution is -0.132. The topological polar surface area (TPSA) is 91.0 Å². The van der Waals surface area contributed by atoms with Crippen molar-refractivity contribution in [2.75, 3.05) is 7.11 Å². The molecule has 2 N–H and O–H groups in total. The Morgan fingerprint density at radius 3 is 2.71 bits per heavy atom. The number of rotatable bonds is 3. The summed E-state index contributed by atoms with van der Waals surface area (Å²) in [7, 11) is 1.46. The van der Waals surface area contributed by atoms with Crippen LogP contribution in [0.4, 0.5) is 0 Å². The van der Waals surface area contributed by atoms with Gasteiger partial charge in [-0.15, -0.1) is 0 Å². The molecule has 1 aromatic rings. The summed E-state index contributed by atoms with van der Waals surface area (Å²) in [5, 5.41) is 0.216. The van der Waals surface area contributed by atoms with Crippen LogP contribution in [0.25, 0.3) is 6.08 Å². The summed E-state index contributed by atoms with van der Waals surface area (Å²) in [5.41, 5.74) is 6.18. The number of nitrogens with zero attached hydrogens (tertiary/aromatic N) is 1. The molecule has 1 amide bonds. The number of aliphatic imine (C=N–C) groups is 1. The standard InChI is InChI=1S/C13H11BrN2O4S/c1-6(17)20-11-8(14)3-7(4-9(11)19-2)5-10-12(18)16-13(15)21-10/h3-5H,1-2H3,(H2,15,16,18)/b10-5-. The highest BCUT2D eigenvalue weighted by Gasteiger charge is 2.20. The summed E-state index contributed by atoms with van der Waals surface area (Å²) in [5.74, 6) is -0.177. The molecule has 2 rings (SSSR count). The fourth-order valence-corrected chi connectivity index (χ4v) is 2.87. The average molecular weight is 371 g/mol. The molecule has 0 bridgehead atoms. The minimum Gasteiger partial charge on any atom is -0.493 e. The number of carbonyl (C=O) groups excluding carboxylic acids is 2. The van der Waals surface area contributed by atoms with E-state index in [4.69, 9.17) is 15.2 Å². The van der Waals surface area contributed by atoms with E-state index in [1.807, 2.05) is 0 Å². The maximum atomic E-state index is 11.6. The molecule has 8 heteroatoms. The third-order valence-corrected chi connectivity index (χ3v) is 3.83. The predicted molar refractivity (Wildman–Crippen MR) is 84.2 cm³/mol. The van der Waals surface area contributed by atoms with Crippen molar-refractivity contribution in [2.24, 2.45) is 10.7 Å². The molecular formula is C13H11BrN2O4S. The first-order valence-corrected chi connectivity index (χ1v) is 7.35. The number of halogens is 1. The lowest BCUT2D eigenvalue weighted by atomic mass is 10.2. The number of esters is 1. The van der Waals surface area contributed by atoms with E-state index in [0.29, 0.717) is 20.7 Å². The number of hydrogen-bond donors (Lipinski definition) is 1. The summed E-state index contributed by atoms with van der Waals surface area (Å²) < 4.78 is 10.8. The van der Waals surface area contributed by atoms with Crippen molar-refractivity contribution in [3.8, 4) is 11.5 Å². The van der Waals surface area contributed by atoms with Crippen molar-refractivity contribution in [1.82, 2.24) is 0 Å². The van der Waals surface area contributed by atoms with Gasteiger partial charge in [-0.05, 0) is 51.5 Å². The van der Waals surface area contributed by atoms with E-state index >= 15 is 0 Å². The van der Waals surface area contributed by atoms with Crippen LogP contribution in [-0.2, 0) is 9.59 Å². The van der Waals surface area contributed by atoms with Gasteiger partial charge in [0.15, 0.2) is 16.7 Å². The molecule has 110 valence electrons. The number of amides is 1. The molecule has 0 radical (unpaired) electrons. The zero-order chi connectivity index (χ0) is 15.6. The van der Waals surface area contributed by atoms with Crippen molar-refractivity contribution in [1.29, 1.82) is 0 Å². The van der Waals surface area contributed by atoms with Gasteiger partial charge in [-0.3, -0.25) is 9.59 Å². The van der Waals surface area contributed by atoms with E-state index in [1.165, 1.54) is 14.0 Å². The van der Waals surface area contributed by atoms with Crippen LogP contribution in [0.2, 0.25) is 0 Å². The van der Waals surface area contributed by atoms with Crippen LogP contribution in [0.1, 0.15) is 12.5 Å². The molecule has 1 heterocycles. The Morgan fingerprint density at radius 1 is 1.48 bits per heavy atom. The Kier molecular flexibility index (Phi) is 4.69. The monoisotopic (exact) mass is 370 g/mol. The molecule has 1 aliphatic heterocycles. The first-order valence-electron chi connectivity index (χ1n) is 5.74. The van der Waals surface area contributed by atoms with Gasteiger partial charge in [0, 0.05) is 6.92 Å². The molecule has 0 fully saturated rings. The second kappa shape index (κ2) is 6.31. The Bertz CT molecular complexity index is 685. The zero-order valence-corrected chi connectivity index (χ0v) is 13.6. The van der Waals surface area contributed by atoms with E-state index in [9.17, 15) is 9.59 Å². The molecule has 0 aliphatic carbocycles. The highest BCUT2D eigenvalue weighted by Crippen LogP contribution is 2.38. The molecule has 0 aromatic heterocycles. The van der Waals surface area contributed by atoms with Gasteiger partial charge < -0.3 is 15.2 Å². The molecule has 0 spiro atoms. The maximum Gasteiger partial charge on any atom is 0.308 e. The SMILES string of the molecule is COc1cc(/C=C2\SC(N)=NC2=O)cc(Br)c1OC(C)=O. The Labute approximate surface area is 133 Å². The third-order valence-electron chi connectivity index (χ3n) is 2.43.